The quantitative estimate of drug-likeness (QED) is 0.305. The van der Waals surface area contributed by atoms with E-state index in [2.05, 4.69) is 54.8 Å². The molecule has 0 amide bonds. The summed E-state index contributed by atoms with van der Waals surface area (Å²) in [5.74, 6) is 0. The molecule has 0 N–H and O–H groups in total. The van der Waals surface area contributed by atoms with Crippen molar-refractivity contribution in [2.45, 2.75) is 13.8 Å². The first kappa shape index (κ1) is 19.8. The summed E-state index contributed by atoms with van der Waals surface area (Å²) in [6, 6.07) is 32.5. The molecule has 5 heteroatoms. The number of fused-ring (bicyclic) bond motifs is 6. The van der Waals surface area contributed by atoms with Crippen LogP contribution in [0.25, 0.3) is 50.0 Å². The zero-order chi connectivity index (χ0) is 23.7. The van der Waals surface area contributed by atoms with Gasteiger partial charge in [-0.3, -0.25) is 13.8 Å². The summed E-state index contributed by atoms with van der Waals surface area (Å²) in [6.45, 7) is 4.30. The zero-order valence-electron chi connectivity index (χ0n) is 19.4. The molecule has 7 rings (SSSR count). The standard InChI is InChI=1S/C30H22N4O/c1-19-20(2)32(25-14-5-3-12-23(19)25)21-10-9-11-22(18-21)33-27-16-7-8-17-28(27)34-26-15-6-4-13-24(26)31-29(34)30(33)35/h3-18H,1-2H3. The van der Waals surface area contributed by atoms with E-state index in [0.717, 1.165) is 39.0 Å². The lowest BCUT2D eigenvalue weighted by molar-refractivity contribution is 0.998. The van der Waals surface area contributed by atoms with Crippen LogP contribution in [-0.4, -0.2) is 18.5 Å². The largest absolute Gasteiger partial charge is 0.314 e. The number of hydrogen-bond acceptors (Lipinski definition) is 2. The minimum absolute atomic E-state index is 0.137. The van der Waals surface area contributed by atoms with E-state index >= 15 is 0 Å². The van der Waals surface area contributed by atoms with Crippen LogP contribution in [0.1, 0.15) is 11.3 Å². The Morgan fingerprint density at radius 3 is 2.06 bits per heavy atom. The van der Waals surface area contributed by atoms with Gasteiger partial charge in [0.1, 0.15) is 0 Å². The van der Waals surface area contributed by atoms with E-state index in [0.29, 0.717) is 5.65 Å². The number of benzene rings is 4. The second-order valence-electron chi connectivity index (χ2n) is 8.97. The first-order chi connectivity index (χ1) is 17.1. The molecular formula is C30H22N4O. The average Bonchev–Trinajstić information content (AvgIpc) is 3.41. The molecule has 0 atom stereocenters. The highest BCUT2D eigenvalue weighted by Gasteiger charge is 2.17. The van der Waals surface area contributed by atoms with Gasteiger partial charge in [-0.1, -0.05) is 48.5 Å². The Bertz CT molecular complexity index is 2010. The van der Waals surface area contributed by atoms with Crippen LogP contribution < -0.4 is 5.56 Å². The van der Waals surface area contributed by atoms with Crippen molar-refractivity contribution in [2.24, 2.45) is 0 Å². The van der Waals surface area contributed by atoms with Gasteiger partial charge in [-0.15, -0.1) is 0 Å². The summed E-state index contributed by atoms with van der Waals surface area (Å²) in [4.78, 5) is 18.6. The van der Waals surface area contributed by atoms with Gasteiger partial charge in [0.2, 0.25) is 5.65 Å². The Kier molecular flexibility index (Phi) is 4.06. The summed E-state index contributed by atoms with van der Waals surface area (Å²) in [6.07, 6.45) is 0. The number of aryl methyl sites for hydroxylation is 1. The van der Waals surface area contributed by atoms with Crippen LogP contribution in [0.5, 0.6) is 0 Å². The Hall–Kier alpha value is -4.64. The topological polar surface area (TPSA) is 44.2 Å². The van der Waals surface area contributed by atoms with Gasteiger partial charge in [0, 0.05) is 16.8 Å². The van der Waals surface area contributed by atoms with Crippen LogP contribution in [0.4, 0.5) is 0 Å². The van der Waals surface area contributed by atoms with Crippen molar-refractivity contribution in [1.82, 2.24) is 18.5 Å². The van der Waals surface area contributed by atoms with E-state index in [1.165, 1.54) is 16.6 Å². The Balaban J connectivity index is 1.56. The van der Waals surface area contributed by atoms with Gasteiger partial charge in [-0.25, -0.2) is 4.98 Å². The number of hydrogen-bond donors (Lipinski definition) is 0. The van der Waals surface area contributed by atoms with Crippen molar-refractivity contribution < 1.29 is 0 Å². The molecule has 0 spiro atoms. The Labute approximate surface area is 201 Å². The van der Waals surface area contributed by atoms with Crippen LogP contribution in [0.3, 0.4) is 0 Å². The smallest absolute Gasteiger partial charge is 0.299 e. The highest BCUT2D eigenvalue weighted by atomic mass is 16.1. The second kappa shape index (κ2) is 7.18. The molecule has 0 fully saturated rings. The zero-order valence-corrected chi connectivity index (χ0v) is 19.4. The minimum Gasteiger partial charge on any atom is -0.314 e. The van der Waals surface area contributed by atoms with Crippen molar-refractivity contribution >= 4 is 38.6 Å². The summed E-state index contributed by atoms with van der Waals surface area (Å²) < 4.78 is 6.03. The summed E-state index contributed by atoms with van der Waals surface area (Å²) in [5.41, 5.74) is 9.27. The number of para-hydroxylation sites is 5. The molecule has 0 aliphatic rings. The molecule has 0 unspecified atom stereocenters. The minimum atomic E-state index is -0.137. The van der Waals surface area contributed by atoms with E-state index in [1.54, 1.807) is 4.57 Å². The number of rotatable bonds is 2. The van der Waals surface area contributed by atoms with Gasteiger partial charge in [-0.05, 0) is 67.9 Å². The molecule has 35 heavy (non-hydrogen) atoms. The first-order valence-corrected chi connectivity index (χ1v) is 11.7. The van der Waals surface area contributed by atoms with Gasteiger partial charge in [0.25, 0.3) is 5.56 Å². The Morgan fingerprint density at radius 2 is 1.26 bits per heavy atom. The molecule has 0 bridgehead atoms. The normalized spacial score (nSPS) is 11.8. The van der Waals surface area contributed by atoms with E-state index in [9.17, 15) is 4.79 Å². The SMILES string of the molecule is Cc1c(C)n(-c2cccc(-n3c(=O)c4nc5ccccc5n4c4ccccc43)c2)c2ccccc12. The van der Waals surface area contributed by atoms with Gasteiger partial charge in [0.05, 0.1) is 33.3 Å². The summed E-state index contributed by atoms with van der Waals surface area (Å²) in [7, 11) is 0. The maximum Gasteiger partial charge on any atom is 0.299 e. The van der Waals surface area contributed by atoms with Gasteiger partial charge in [0.15, 0.2) is 0 Å². The highest BCUT2D eigenvalue weighted by molar-refractivity contribution is 5.90. The molecular weight excluding hydrogens is 432 g/mol. The van der Waals surface area contributed by atoms with E-state index in [4.69, 9.17) is 4.98 Å². The molecule has 3 heterocycles. The number of aromatic nitrogens is 4. The maximum atomic E-state index is 13.9. The first-order valence-electron chi connectivity index (χ1n) is 11.7. The fourth-order valence-corrected chi connectivity index (χ4v) is 5.35. The molecule has 0 aliphatic carbocycles. The van der Waals surface area contributed by atoms with Crippen molar-refractivity contribution in [1.29, 1.82) is 0 Å². The van der Waals surface area contributed by atoms with Crippen LogP contribution >= 0.6 is 0 Å². The monoisotopic (exact) mass is 454 g/mol. The fourth-order valence-electron chi connectivity index (χ4n) is 5.35. The third-order valence-electron chi connectivity index (χ3n) is 7.09. The van der Waals surface area contributed by atoms with Crippen molar-refractivity contribution in [2.75, 3.05) is 0 Å². The molecule has 5 nitrogen and oxygen atoms in total. The Morgan fingerprint density at radius 1 is 0.629 bits per heavy atom. The van der Waals surface area contributed by atoms with Gasteiger partial charge in [-0.2, -0.15) is 0 Å². The predicted molar refractivity (Wildman–Crippen MR) is 142 cm³/mol. The van der Waals surface area contributed by atoms with Crippen molar-refractivity contribution in [3.05, 3.63) is 119 Å². The number of imidazole rings is 1. The third-order valence-corrected chi connectivity index (χ3v) is 7.09. The van der Waals surface area contributed by atoms with Crippen LogP contribution in [0.15, 0.2) is 102 Å². The number of nitrogens with zero attached hydrogens (tertiary/aromatic N) is 4. The van der Waals surface area contributed by atoms with Gasteiger partial charge < -0.3 is 4.57 Å². The molecule has 4 aromatic carbocycles. The molecule has 3 aromatic heterocycles. The molecule has 168 valence electrons. The lowest BCUT2D eigenvalue weighted by Crippen LogP contribution is -2.22. The lowest BCUT2D eigenvalue weighted by atomic mass is 10.2. The van der Waals surface area contributed by atoms with Gasteiger partial charge >= 0.3 is 0 Å². The summed E-state index contributed by atoms with van der Waals surface area (Å²) >= 11 is 0. The fraction of sp³-hybridized carbons (Fsp3) is 0.0667. The second-order valence-corrected chi connectivity index (χ2v) is 8.97. The lowest BCUT2D eigenvalue weighted by Gasteiger charge is -2.15. The molecule has 0 aliphatic heterocycles. The highest BCUT2D eigenvalue weighted by Crippen LogP contribution is 2.30. The molecule has 0 saturated carbocycles. The van der Waals surface area contributed by atoms with Crippen molar-refractivity contribution in [3.8, 4) is 11.4 Å². The molecule has 0 radical (unpaired) electrons. The third kappa shape index (κ3) is 2.69. The average molecular weight is 455 g/mol. The van der Waals surface area contributed by atoms with E-state index in [-0.39, 0.29) is 5.56 Å². The molecule has 7 aromatic rings. The van der Waals surface area contributed by atoms with Crippen LogP contribution in [-0.2, 0) is 0 Å². The van der Waals surface area contributed by atoms with Crippen LogP contribution in [0.2, 0.25) is 0 Å². The maximum absolute atomic E-state index is 13.9. The van der Waals surface area contributed by atoms with Crippen LogP contribution in [0, 0.1) is 13.8 Å². The predicted octanol–water partition coefficient (Wildman–Crippen LogP) is 6.35. The van der Waals surface area contributed by atoms with Crippen molar-refractivity contribution in [3.63, 3.8) is 0 Å². The summed E-state index contributed by atoms with van der Waals surface area (Å²) in [5, 5.41) is 1.24. The molecule has 0 saturated heterocycles. The van der Waals surface area contributed by atoms with E-state index in [1.807, 2.05) is 65.1 Å². The van der Waals surface area contributed by atoms with E-state index < -0.39 is 0 Å².